The highest BCUT2D eigenvalue weighted by Crippen LogP contribution is 2.19. The third-order valence-corrected chi connectivity index (χ3v) is 4.67. The lowest BCUT2D eigenvalue weighted by molar-refractivity contribution is -0.115. The fourth-order valence-corrected chi connectivity index (χ4v) is 3.38. The summed E-state index contributed by atoms with van der Waals surface area (Å²) >= 11 is 1.50. The van der Waals surface area contributed by atoms with Gasteiger partial charge in [0, 0.05) is 11.9 Å². The van der Waals surface area contributed by atoms with E-state index in [1.165, 1.54) is 29.7 Å². The van der Waals surface area contributed by atoms with Crippen molar-refractivity contribution in [3.63, 3.8) is 0 Å². The van der Waals surface area contributed by atoms with Crippen LogP contribution in [0.1, 0.15) is 29.7 Å². The van der Waals surface area contributed by atoms with E-state index in [2.05, 4.69) is 15.2 Å². The molecule has 0 radical (unpaired) electrons. The van der Waals surface area contributed by atoms with Crippen molar-refractivity contribution in [2.24, 2.45) is 0 Å². The number of carbonyl (C=O) groups excluding carboxylic acids is 1. The molecule has 116 valence electrons. The molecule has 5 heteroatoms. The first-order chi connectivity index (χ1) is 10.7. The molecule has 22 heavy (non-hydrogen) atoms. The lowest BCUT2D eigenvalue weighted by Crippen LogP contribution is -2.18. The minimum absolute atomic E-state index is 0.00840. The maximum atomic E-state index is 12.1. The second-order valence-electron chi connectivity index (χ2n) is 5.84. The summed E-state index contributed by atoms with van der Waals surface area (Å²) in [5.74, 6) is -0.00840. The topological polar surface area (TPSA) is 45.2 Å². The molecule has 1 aliphatic heterocycles. The van der Waals surface area contributed by atoms with Crippen LogP contribution < -0.4 is 5.32 Å². The maximum Gasteiger partial charge on any atom is 0.230 e. The van der Waals surface area contributed by atoms with E-state index in [0.717, 1.165) is 30.9 Å². The van der Waals surface area contributed by atoms with E-state index in [-0.39, 0.29) is 5.91 Å². The largest absolute Gasteiger partial charge is 0.302 e. The average Bonchev–Trinajstić information content (AvgIpc) is 3.14. The van der Waals surface area contributed by atoms with Gasteiger partial charge in [-0.25, -0.2) is 4.98 Å². The SMILES string of the molecule is Cc1ccc(CC(=O)Nc2nc(CN3CCCC3)cs2)cc1. The molecule has 4 nitrogen and oxygen atoms in total. The van der Waals surface area contributed by atoms with Gasteiger partial charge in [0.05, 0.1) is 12.1 Å². The standard InChI is InChI=1S/C17H21N3OS/c1-13-4-6-14(7-5-13)10-16(21)19-17-18-15(12-22-17)11-20-8-2-3-9-20/h4-7,12H,2-3,8-11H2,1H3,(H,18,19,21). The first kappa shape index (κ1) is 15.2. The second-order valence-corrected chi connectivity index (χ2v) is 6.70. The highest BCUT2D eigenvalue weighted by molar-refractivity contribution is 7.13. The number of nitrogens with one attached hydrogen (secondary N) is 1. The van der Waals surface area contributed by atoms with E-state index in [1.807, 2.05) is 36.6 Å². The number of anilines is 1. The van der Waals surface area contributed by atoms with Gasteiger partial charge in [-0.1, -0.05) is 29.8 Å². The number of hydrogen-bond donors (Lipinski definition) is 1. The van der Waals surface area contributed by atoms with Gasteiger partial charge in [-0.3, -0.25) is 9.69 Å². The first-order valence-electron chi connectivity index (χ1n) is 7.71. The zero-order chi connectivity index (χ0) is 15.4. The van der Waals surface area contributed by atoms with Crippen LogP contribution in [0.2, 0.25) is 0 Å². The van der Waals surface area contributed by atoms with Gasteiger partial charge in [-0.2, -0.15) is 0 Å². The number of nitrogens with zero attached hydrogens (tertiary/aromatic N) is 2. The second kappa shape index (κ2) is 7.03. The van der Waals surface area contributed by atoms with Crippen LogP contribution in [-0.4, -0.2) is 28.9 Å². The van der Waals surface area contributed by atoms with Crippen molar-refractivity contribution < 1.29 is 4.79 Å². The van der Waals surface area contributed by atoms with Gasteiger partial charge < -0.3 is 5.32 Å². The highest BCUT2D eigenvalue weighted by atomic mass is 32.1. The zero-order valence-corrected chi connectivity index (χ0v) is 13.7. The van der Waals surface area contributed by atoms with Crippen LogP contribution >= 0.6 is 11.3 Å². The summed E-state index contributed by atoms with van der Waals surface area (Å²) in [6.45, 7) is 5.25. The van der Waals surface area contributed by atoms with Gasteiger partial charge >= 0.3 is 0 Å². The van der Waals surface area contributed by atoms with Crippen molar-refractivity contribution >= 4 is 22.4 Å². The van der Waals surface area contributed by atoms with Crippen molar-refractivity contribution in [1.82, 2.24) is 9.88 Å². The molecule has 1 aromatic heterocycles. The third kappa shape index (κ3) is 4.15. The van der Waals surface area contributed by atoms with Crippen LogP contribution in [0.25, 0.3) is 0 Å². The van der Waals surface area contributed by atoms with E-state index in [1.54, 1.807) is 0 Å². The van der Waals surface area contributed by atoms with Crippen LogP contribution in [0.4, 0.5) is 5.13 Å². The van der Waals surface area contributed by atoms with Crippen molar-refractivity contribution in [2.75, 3.05) is 18.4 Å². The molecule has 1 aromatic carbocycles. The normalized spacial score (nSPS) is 15.1. The molecule has 2 aromatic rings. The minimum Gasteiger partial charge on any atom is -0.302 e. The van der Waals surface area contributed by atoms with Gasteiger partial charge in [0.1, 0.15) is 0 Å². The number of benzene rings is 1. The summed E-state index contributed by atoms with van der Waals surface area (Å²) in [7, 11) is 0. The van der Waals surface area contributed by atoms with Crippen LogP contribution in [0, 0.1) is 6.92 Å². The molecule has 0 aliphatic carbocycles. The number of rotatable bonds is 5. The molecule has 2 heterocycles. The van der Waals surface area contributed by atoms with Gasteiger partial charge in [-0.15, -0.1) is 11.3 Å². The van der Waals surface area contributed by atoms with Crippen LogP contribution in [0.15, 0.2) is 29.6 Å². The van der Waals surface area contributed by atoms with Crippen LogP contribution in [0.3, 0.4) is 0 Å². The molecule has 1 N–H and O–H groups in total. The Hall–Kier alpha value is -1.72. The van der Waals surface area contributed by atoms with Crippen molar-refractivity contribution in [2.45, 2.75) is 32.7 Å². The maximum absolute atomic E-state index is 12.1. The molecule has 0 spiro atoms. The minimum atomic E-state index is -0.00840. The van der Waals surface area contributed by atoms with Gasteiger partial charge in [0.15, 0.2) is 5.13 Å². The smallest absolute Gasteiger partial charge is 0.230 e. The van der Waals surface area contributed by atoms with E-state index in [9.17, 15) is 4.79 Å². The summed E-state index contributed by atoms with van der Waals surface area (Å²) in [6, 6.07) is 8.05. The zero-order valence-electron chi connectivity index (χ0n) is 12.8. The Morgan fingerprint density at radius 2 is 2.00 bits per heavy atom. The molecule has 0 unspecified atom stereocenters. The highest BCUT2D eigenvalue weighted by Gasteiger charge is 2.14. The summed E-state index contributed by atoms with van der Waals surface area (Å²) in [4.78, 5) is 19.0. The Labute approximate surface area is 135 Å². The summed E-state index contributed by atoms with van der Waals surface area (Å²) in [5, 5.41) is 5.64. The molecule has 1 saturated heterocycles. The molecule has 0 atom stereocenters. The van der Waals surface area contributed by atoms with E-state index in [0.29, 0.717) is 11.6 Å². The first-order valence-corrected chi connectivity index (χ1v) is 8.59. The van der Waals surface area contributed by atoms with Crippen molar-refractivity contribution in [3.05, 3.63) is 46.5 Å². The van der Waals surface area contributed by atoms with Crippen molar-refractivity contribution in [1.29, 1.82) is 0 Å². The summed E-state index contributed by atoms with van der Waals surface area (Å²) in [6.07, 6.45) is 2.95. The van der Waals surface area contributed by atoms with Gasteiger partial charge in [0.25, 0.3) is 0 Å². The Bertz CT molecular complexity index is 630. The number of aryl methyl sites for hydroxylation is 1. The van der Waals surface area contributed by atoms with Crippen LogP contribution in [0.5, 0.6) is 0 Å². The van der Waals surface area contributed by atoms with E-state index < -0.39 is 0 Å². The van der Waals surface area contributed by atoms with Gasteiger partial charge in [-0.05, 0) is 38.4 Å². The Balaban J connectivity index is 1.52. The number of likely N-dealkylation sites (tertiary alicyclic amines) is 1. The number of amides is 1. The average molecular weight is 315 g/mol. The summed E-state index contributed by atoms with van der Waals surface area (Å²) < 4.78 is 0. The molecule has 0 saturated carbocycles. The fraction of sp³-hybridized carbons (Fsp3) is 0.412. The van der Waals surface area contributed by atoms with Crippen LogP contribution in [-0.2, 0) is 17.8 Å². The molecule has 1 amide bonds. The fourth-order valence-electron chi connectivity index (χ4n) is 2.66. The van der Waals surface area contributed by atoms with E-state index in [4.69, 9.17) is 0 Å². The Kier molecular flexibility index (Phi) is 4.85. The predicted octanol–water partition coefficient (Wildman–Crippen LogP) is 3.23. The molecule has 0 bridgehead atoms. The number of aromatic nitrogens is 1. The number of carbonyl (C=O) groups is 1. The van der Waals surface area contributed by atoms with Gasteiger partial charge in [0.2, 0.25) is 5.91 Å². The predicted molar refractivity (Wildman–Crippen MR) is 90.1 cm³/mol. The summed E-state index contributed by atoms with van der Waals surface area (Å²) in [5.41, 5.74) is 3.28. The monoisotopic (exact) mass is 315 g/mol. The van der Waals surface area contributed by atoms with Crippen molar-refractivity contribution in [3.8, 4) is 0 Å². The molecule has 1 fully saturated rings. The number of thiazole rings is 1. The third-order valence-electron chi connectivity index (χ3n) is 3.87. The van der Waals surface area contributed by atoms with E-state index >= 15 is 0 Å². The number of hydrogen-bond acceptors (Lipinski definition) is 4. The molecular formula is C17H21N3OS. The lowest BCUT2D eigenvalue weighted by Gasteiger charge is -2.11. The lowest BCUT2D eigenvalue weighted by atomic mass is 10.1. The molecule has 1 aliphatic rings. The molecule has 3 rings (SSSR count). The quantitative estimate of drug-likeness (QED) is 0.921. The molecular weight excluding hydrogens is 294 g/mol. The Morgan fingerprint density at radius 1 is 1.27 bits per heavy atom. The Morgan fingerprint density at radius 3 is 2.73 bits per heavy atom.